The number of rotatable bonds is 6. The number of nitrogens with zero attached hydrogens (tertiary/aromatic N) is 1. The number of halogens is 3. The van der Waals surface area contributed by atoms with Crippen molar-refractivity contribution in [1.82, 2.24) is 0 Å². The van der Waals surface area contributed by atoms with E-state index in [1.165, 1.54) is 48.5 Å². The van der Waals surface area contributed by atoms with Gasteiger partial charge in [-0.25, -0.2) is 13.2 Å². The summed E-state index contributed by atoms with van der Waals surface area (Å²) in [4.78, 5) is 21.4. The fraction of sp³-hybridized carbons (Fsp3) is 0.0455. The fourth-order valence-corrected chi connectivity index (χ4v) is 4.58. The monoisotopic (exact) mass is 505 g/mol. The van der Waals surface area contributed by atoms with Crippen LogP contribution < -0.4 is 15.7 Å². The zero-order valence-electron chi connectivity index (χ0n) is 17.4. The van der Waals surface area contributed by atoms with Gasteiger partial charge in [0.2, 0.25) is 0 Å². The molecule has 0 unspecified atom stereocenters. The molecule has 0 atom stereocenters. The first kappa shape index (κ1) is 23.8. The van der Waals surface area contributed by atoms with Crippen molar-refractivity contribution in [3.8, 4) is 0 Å². The van der Waals surface area contributed by atoms with E-state index in [4.69, 9.17) is 4.42 Å². The summed E-state index contributed by atoms with van der Waals surface area (Å²) in [5, 5.41) is 14.2. The smallest absolute Gasteiger partial charge is 0.417 e. The van der Waals surface area contributed by atoms with Gasteiger partial charge in [0, 0.05) is 35.0 Å². The van der Waals surface area contributed by atoms with Crippen LogP contribution in [-0.4, -0.2) is 13.3 Å². The summed E-state index contributed by atoms with van der Waals surface area (Å²) in [6.07, 6.45) is -4.86. The molecule has 3 aromatic carbocycles. The van der Waals surface area contributed by atoms with Gasteiger partial charge >= 0.3 is 11.8 Å². The number of nitrogens with one attached hydrogen (secondary N) is 2. The lowest BCUT2D eigenvalue weighted by atomic mass is 10.1. The molecule has 0 amide bonds. The van der Waals surface area contributed by atoms with Crippen molar-refractivity contribution >= 4 is 43.7 Å². The third kappa shape index (κ3) is 5.09. The van der Waals surface area contributed by atoms with Gasteiger partial charge in [0.05, 0.1) is 21.1 Å². The zero-order chi connectivity index (χ0) is 25.4. The molecule has 0 saturated carbocycles. The molecule has 0 fully saturated rings. The van der Waals surface area contributed by atoms with Crippen LogP contribution in [0.3, 0.4) is 0 Å². The second-order valence-corrected chi connectivity index (χ2v) is 8.87. The van der Waals surface area contributed by atoms with Crippen molar-refractivity contribution in [1.29, 1.82) is 0 Å². The highest BCUT2D eigenvalue weighted by Crippen LogP contribution is 2.35. The van der Waals surface area contributed by atoms with Gasteiger partial charge in [-0.1, -0.05) is 12.1 Å². The normalized spacial score (nSPS) is 11.9. The van der Waals surface area contributed by atoms with Crippen molar-refractivity contribution in [2.75, 3.05) is 10.0 Å². The van der Waals surface area contributed by atoms with Gasteiger partial charge in [-0.15, -0.1) is 0 Å². The molecule has 0 spiro atoms. The molecule has 4 aromatic rings. The second kappa shape index (κ2) is 8.76. The van der Waals surface area contributed by atoms with Crippen LogP contribution >= 0.6 is 0 Å². The molecular weight excluding hydrogens is 491 g/mol. The number of non-ortho nitro benzene ring substituents is 1. The van der Waals surface area contributed by atoms with E-state index in [9.17, 15) is 36.5 Å². The third-order valence-electron chi connectivity index (χ3n) is 4.83. The molecule has 4 rings (SSSR count). The Labute approximate surface area is 195 Å². The molecule has 0 aliphatic heterocycles. The van der Waals surface area contributed by atoms with Gasteiger partial charge in [-0.2, -0.15) is 13.2 Å². The Morgan fingerprint density at radius 2 is 1.57 bits per heavy atom. The van der Waals surface area contributed by atoms with E-state index in [0.29, 0.717) is 11.8 Å². The quantitative estimate of drug-likeness (QED) is 0.207. The van der Waals surface area contributed by atoms with Crippen LogP contribution in [0.1, 0.15) is 5.56 Å². The number of hydrogen-bond acceptors (Lipinski definition) is 7. The lowest BCUT2D eigenvalue weighted by Crippen LogP contribution is -2.18. The van der Waals surface area contributed by atoms with E-state index >= 15 is 0 Å². The molecule has 0 bridgehead atoms. The molecule has 9 nitrogen and oxygen atoms in total. The number of hydrogen-bond donors (Lipinski definition) is 2. The Morgan fingerprint density at radius 3 is 2.23 bits per heavy atom. The Morgan fingerprint density at radius 1 is 0.914 bits per heavy atom. The van der Waals surface area contributed by atoms with Gasteiger partial charge in [0.1, 0.15) is 5.58 Å². The average molecular weight is 505 g/mol. The van der Waals surface area contributed by atoms with Crippen LogP contribution in [0, 0.1) is 10.1 Å². The van der Waals surface area contributed by atoms with Gasteiger partial charge in [0.25, 0.3) is 15.7 Å². The number of benzene rings is 3. The third-order valence-corrected chi connectivity index (χ3v) is 6.27. The molecule has 13 heteroatoms. The van der Waals surface area contributed by atoms with Crippen LogP contribution in [-0.2, 0) is 16.2 Å². The van der Waals surface area contributed by atoms with Gasteiger partial charge in [0.15, 0.2) is 0 Å². The van der Waals surface area contributed by atoms with Crippen molar-refractivity contribution in [3.63, 3.8) is 0 Å². The first-order valence-corrected chi connectivity index (χ1v) is 11.2. The van der Waals surface area contributed by atoms with Crippen LogP contribution in [0.4, 0.5) is 35.9 Å². The SMILES string of the molecule is O=c1cc(Nc2ccc(NS(=O)(=O)c3ccccc3C(F)(F)F)cc2)c2cc([N+](=O)[O-])ccc2o1. The predicted molar refractivity (Wildman–Crippen MR) is 121 cm³/mol. The van der Waals surface area contributed by atoms with Crippen LogP contribution in [0.15, 0.2) is 86.9 Å². The average Bonchev–Trinajstić information content (AvgIpc) is 2.79. The predicted octanol–water partition coefficient (Wildman–Crippen LogP) is 5.26. The Bertz CT molecular complexity index is 1600. The summed E-state index contributed by atoms with van der Waals surface area (Å²) in [5.41, 5.74) is -1.57. The van der Waals surface area contributed by atoms with E-state index in [0.717, 1.165) is 18.2 Å². The molecule has 0 aliphatic carbocycles. The topological polar surface area (TPSA) is 132 Å². The molecule has 35 heavy (non-hydrogen) atoms. The molecule has 0 aliphatic rings. The standard InChI is InChI=1S/C22H14F3N3O6S/c23-22(24,25)17-3-1-2-4-20(17)35(32,33)27-14-7-5-13(6-8-14)26-18-12-21(29)34-19-10-9-15(28(30)31)11-16(18)19/h1-12,26-27H. The largest absolute Gasteiger partial charge is 0.423 e. The first-order valence-electron chi connectivity index (χ1n) is 9.72. The van der Waals surface area contributed by atoms with Crippen molar-refractivity contribution < 1.29 is 30.9 Å². The van der Waals surface area contributed by atoms with Gasteiger partial charge in [-0.3, -0.25) is 14.8 Å². The minimum absolute atomic E-state index is 0.0133. The highest BCUT2D eigenvalue weighted by atomic mass is 32.2. The lowest BCUT2D eigenvalue weighted by Gasteiger charge is -2.15. The number of alkyl halides is 3. The number of nitro groups is 1. The first-order chi connectivity index (χ1) is 16.4. The van der Waals surface area contributed by atoms with Crippen molar-refractivity contribution in [3.05, 3.63) is 98.9 Å². The van der Waals surface area contributed by atoms with Crippen LogP contribution in [0.25, 0.3) is 11.0 Å². The molecule has 1 heterocycles. The minimum Gasteiger partial charge on any atom is -0.423 e. The molecule has 2 N–H and O–H groups in total. The minimum atomic E-state index is -4.86. The number of nitro benzene ring substituents is 1. The van der Waals surface area contributed by atoms with Crippen molar-refractivity contribution in [2.45, 2.75) is 11.1 Å². The molecule has 0 radical (unpaired) electrons. The summed E-state index contributed by atoms with van der Waals surface area (Å²) in [6.45, 7) is 0. The number of anilines is 3. The number of sulfonamides is 1. The van der Waals surface area contributed by atoms with Crippen molar-refractivity contribution in [2.24, 2.45) is 0 Å². The highest BCUT2D eigenvalue weighted by Gasteiger charge is 2.36. The van der Waals surface area contributed by atoms with Gasteiger partial charge in [-0.05, 0) is 42.5 Å². The Balaban J connectivity index is 1.61. The summed E-state index contributed by atoms with van der Waals surface area (Å²) in [5.74, 6) is 0. The Hall–Kier alpha value is -4.39. The molecule has 1 aromatic heterocycles. The second-order valence-electron chi connectivity index (χ2n) is 7.22. The maximum absolute atomic E-state index is 13.2. The summed E-state index contributed by atoms with van der Waals surface area (Å²) in [6, 6.07) is 14.0. The van der Waals surface area contributed by atoms with E-state index in [1.807, 2.05) is 0 Å². The van der Waals surface area contributed by atoms with E-state index in [-0.39, 0.29) is 28.0 Å². The maximum atomic E-state index is 13.2. The highest BCUT2D eigenvalue weighted by molar-refractivity contribution is 7.92. The van der Waals surface area contributed by atoms with Gasteiger partial charge < -0.3 is 9.73 Å². The van der Waals surface area contributed by atoms with Crippen LogP contribution in [0.5, 0.6) is 0 Å². The summed E-state index contributed by atoms with van der Waals surface area (Å²) < 4.78 is 72.0. The maximum Gasteiger partial charge on any atom is 0.417 e. The lowest BCUT2D eigenvalue weighted by molar-refractivity contribution is -0.384. The van der Waals surface area contributed by atoms with Crippen LogP contribution in [0.2, 0.25) is 0 Å². The summed E-state index contributed by atoms with van der Waals surface area (Å²) >= 11 is 0. The summed E-state index contributed by atoms with van der Waals surface area (Å²) in [7, 11) is -4.55. The fourth-order valence-electron chi connectivity index (χ4n) is 3.29. The number of fused-ring (bicyclic) bond motifs is 1. The van der Waals surface area contributed by atoms with E-state index in [2.05, 4.69) is 10.0 Å². The Kier molecular flexibility index (Phi) is 5.94. The molecule has 180 valence electrons. The van der Waals surface area contributed by atoms with E-state index in [1.54, 1.807) is 0 Å². The van der Waals surface area contributed by atoms with E-state index < -0.39 is 37.2 Å². The molecular formula is C22H14F3N3O6S. The molecule has 0 saturated heterocycles. The zero-order valence-corrected chi connectivity index (χ0v) is 18.2.